The maximum Gasteiger partial charge on any atom is 0.148 e. The maximum absolute atomic E-state index is 5.80. The Labute approximate surface area is 208 Å². The molecule has 35 heavy (non-hydrogen) atoms. The number of fused-ring (bicyclic) bond motifs is 1. The number of rotatable bonds is 10. The minimum Gasteiger partial charge on any atom is -0.491 e. The van der Waals surface area contributed by atoms with E-state index in [1.165, 1.54) is 5.56 Å². The lowest BCUT2D eigenvalue weighted by Crippen LogP contribution is -2.29. The Hall–Kier alpha value is -3.75. The van der Waals surface area contributed by atoms with Crippen molar-refractivity contribution < 1.29 is 14.2 Å². The van der Waals surface area contributed by atoms with Gasteiger partial charge in [-0.2, -0.15) is 0 Å². The van der Waals surface area contributed by atoms with Crippen molar-refractivity contribution in [3.63, 3.8) is 0 Å². The van der Waals surface area contributed by atoms with Gasteiger partial charge in [0.2, 0.25) is 0 Å². The molecule has 0 spiro atoms. The molecule has 4 rings (SSSR count). The Kier molecular flexibility index (Phi) is 8.07. The molecule has 3 aromatic rings. The first-order valence-corrected chi connectivity index (χ1v) is 11.9. The number of anilines is 1. The number of aliphatic imine (C=N–C) groups is 1. The molecule has 0 radical (unpaired) electrons. The van der Waals surface area contributed by atoms with E-state index in [1.54, 1.807) is 7.11 Å². The number of hydrogen-bond donors (Lipinski definition) is 0. The van der Waals surface area contributed by atoms with E-state index in [0.717, 1.165) is 39.6 Å². The molecule has 0 atom stereocenters. The second kappa shape index (κ2) is 11.6. The van der Waals surface area contributed by atoms with Crippen molar-refractivity contribution in [2.24, 2.45) is 4.99 Å². The fourth-order valence-corrected chi connectivity index (χ4v) is 4.12. The quantitative estimate of drug-likeness (QED) is 0.284. The van der Waals surface area contributed by atoms with Gasteiger partial charge in [0.05, 0.1) is 12.3 Å². The van der Waals surface area contributed by atoms with Crippen LogP contribution >= 0.6 is 0 Å². The Bertz CT molecular complexity index is 1210. The van der Waals surface area contributed by atoms with Crippen molar-refractivity contribution >= 4 is 11.4 Å². The summed E-state index contributed by atoms with van der Waals surface area (Å²) < 4.78 is 16.6. The topological polar surface area (TPSA) is 43.3 Å². The zero-order valence-corrected chi connectivity index (χ0v) is 20.7. The molecule has 180 valence electrons. The van der Waals surface area contributed by atoms with Gasteiger partial charge in [0, 0.05) is 30.5 Å². The number of nitrogens with zero attached hydrogens (tertiary/aromatic N) is 2. The average Bonchev–Trinajstić information content (AvgIpc) is 2.88. The van der Waals surface area contributed by atoms with Gasteiger partial charge < -0.3 is 19.1 Å². The summed E-state index contributed by atoms with van der Waals surface area (Å²) in [5, 5.41) is 0. The van der Waals surface area contributed by atoms with E-state index in [0.29, 0.717) is 32.3 Å². The highest BCUT2D eigenvalue weighted by molar-refractivity contribution is 6.17. The van der Waals surface area contributed by atoms with E-state index in [9.17, 15) is 0 Å². The van der Waals surface area contributed by atoms with Crippen LogP contribution in [0.2, 0.25) is 0 Å². The van der Waals surface area contributed by atoms with Crippen LogP contribution in [0.3, 0.4) is 0 Å². The second-order valence-corrected chi connectivity index (χ2v) is 8.78. The van der Waals surface area contributed by atoms with Crippen LogP contribution in [-0.4, -0.2) is 39.3 Å². The molecule has 0 aliphatic carbocycles. The molecule has 0 amide bonds. The van der Waals surface area contributed by atoms with Gasteiger partial charge >= 0.3 is 0 Å². The van der Waals surface area contributed by atoms with Gasteiger partial charge in [0.1, 0.15) is 31.4 Å². The van der Waals surface area contributed by atoms with Gasteiger partial charge in [-0.05, 0) is 47.4 Å². The summed E-state index contributed by atoms with van der Waals surface area (Å²) in [7, 11) is 1.67. The Balaban J connectivity index is 1.63. The molecule has 5 nitrogen and oxygen atoms in total. The Morgan fingerprint density at radius 1 is 0.971 bits per heavy atom. The first-order chi connectivity index (χ1) is 17.1. The zero-order chi connectivity index (χ0) is 24.6. The molecule has 0 saturated heterocycles. The number of ether oxygens (including phenoxy) is 3. The third kappa shape index (κ3) is 6.03. The van der Waals surface area contributed by atoms with E-state index in [2.05, 4.69) is 67.1 Å². The Morgan fingerprint density at radius 3 is 2.51 bits per heavy atom. The summed E-state index contributed by atoms with van der Waals surface area (Å²) in [6.07, 6.45) is 5.41. The first-order valence-electron chi connectivity index (χ1n) is 11.9. The molecule has 0 aromatic heterocycles. The normalized spacial score (nSPS) is 12.7. The standard InChI is InChI=1S/C30H32N2O3/c1-5-15-34-27-13-14-29-28(19-27)30(25-11-9-24(10-12-25)22(2)3)31-21-32(29)20-23-7-6-8-26(18-23)35-17-16-33-4/h1,6-14,18-19,22H,15-17,20-21H2,2-4H3. The monoisotopic (exact) mass is 468 g/mol. The first kappa shape index (κ1) is 24.4. The van der Waals surface area contributed by atoms with Crippen molar-refractivity contribution in [1.82, 2.24) is 0 Å². The lowest BCUT2D eigenvalue weighted by molar-refractivity contribution is 0.146. The van der Waals surface area contributed by atoms with Gasteiger partial charge in [0.15, 0.2) is 0 Å². The predicted octanol–water partition coefficient (Wildman–Crippen LogP) is 5.66. The van der Waals surface area contributed by atoms with Crippen molar-refractivity contribution in [3.8, 4) is 23.8 Å². The fraction of sp³-hybridized carbons (Fsp3) is 0.300. The van der Waals surface area contributed by atoms with Crippen molar-refractivity contribution in [3.05, 3.63) is 89.0 Å². The maximum atomic E-state index is 5.80. The van der Waals surface area contributed by atoms with Crippen LogP contribution in [0.4, 0.5) is 5.69 Å². The minimum absolute atomic E-state index is 0.230. The molecular formula is C30H32N2O3. The highest BCUT2D eigenvalue weighted by Crippen LogP contribution is 2.33. The van der Waals surface area contributed by atoms with Gasteiger partial charge in [-0.15, -0.1) is 6.42 Å². The van der Waals surface area contributed by atoms with Crippen molar-refractivity contribution in [2.75, 3.05) is 38.5 Å². The van der Waals surface area contributed by atoms with Crippen LogP contribution in [0, 0.1) is 12.3 Å². The highest BCUT2D eigenvalue weighted by Gasteiger charge is 2.22. The minimum atomic E-state index is 0.230. The SMILES string of the molecule is C#CCOc1ccc2c(c1)C(c1ccc(C(C)C)cc1)=NCN2Cc1cccc(OCCOC)c1. The fourth-order valence-electron chi connectivity index (χ4n) is 4.12. The van der Waals surface area contributed by atoms with E-state index in [1.807, 2.05) is 24.3 Å². The molecular weight excluding hydrogens is 436 g/mol. The summed E-state index contributed by atoms with van der Waals surface area (Å²) >= 11 is 0. The molecule has 5 heteroatoms. The highest BCUT2D eigenvalue weighted by atomic mass is 16.5. The van der Waals surface area contributed by atoms with Gasteiger partial charge in [-0.25, -0.2) is 0 Å². The number of hydrogen-bond acceptors (Lipinski definition) is 5. The number of methoxy groups -OCH3 is 1. The molecule has 1 aliphatic heterocycles. The zero-order valence-electron chi connectivity index (χ0n) is 20.7. The van der Waals surface area contributed by atoms with Crippen LogP contribution in [0.15, 0.2) is 71.7 Å². The molecule has 1 heterocycles. The third-order valence-electron chi connectivity index (χ3n) is 5.96. The van der Waals surface area contributed by atoms with Crippen molar-refractivity contribution in [2.45, 2.75) is 26.3 Å². The van der Waals surface area contributed by atoms with Crippen molar-refractivity contribution in [1.29, 1.82) is 0 Å². The lowest BCUT2D eigenvalue weighted by atomic mass is 9.95. The largest absolute Gasteiger partial charge is 0.491 e. The Morgan fingerprint density at radius 2 is 1.77 bits per heavy atom. The third-order valence-corrected chi connectivity index (χ3v) is 5.96. The second-order valence-electron chi connectivity index (χ2n) is 8.78. The summed E-state index contributed by atoms with van der Waals surface area (Å²) in [6.45, 7) is 6.99. The summed E-state index contributed by atoms with van der Waals surface area (Å²) in [5.41, 5.74) is 6.67. The molecule has 0 fully saturated rings. The van der Waals surface area contributed by atoms with Crippen LogP contribution in [0.1, 0.15) is 42.0 Å². The molecule has 3 aromatic carbocycles. The van der Waals surface area contributed by atoms with Crippen LogP contribution in [0.5, 0.6) is 11.5 Å². The predicted molar refractivity (Wildman–Crippen MR) is 142 cm³/mol. The average molecular weight is 469 g/mol. The van der Waals surface area contributed by atoms with Gasteiger partial charge in [0.25, 0.3) is 0 Å². The lowest BCUT2D eigenvalue weighted by Gasteiger charge is -2.31. The summed E-state index contributed by atoms with van der Waals surface area (Å²) in [4.78, 5) is 7.26. The van der Waals surface area contributed by atoms with Crippen LogP contribution in [-0.2, 0) is 11.3 Å². The number of terminal acetylenes is 1. The van der Waals surface area contributed by atoms with Crippen LogP contribution < -0.4 is 14.4 Å². The molecule has 0 N–H and O–H groups in total. The number of benzene rings is 3. The molecule has 0 bridgehead atoms. The summed E-state index contributed by atoms with van der Waals surface area (Å²) in [5.74, 6) is 4.60. The molecule has 0 saturated carbocycles. The molecule has 0 unspecified atom stereocenters. The summed E-state index contributed by atoms with van der Waals surface area (Å²) in [6, 6.07) is 23.0. The van der Waals surface area contributed by atoms with E-state index in [-0.39, 0.29) is 6.61 Å². The van der Waals surface area contributed by atoms with E-state index >= 15 is 0 Å². The van der Waals surface area contributed by atoms with Crippen LogP contribution in [0.25, 0.3) is 0 Å². The molecule has 1 aliphatic rings. The van der Waals surface area contributed by atoms with Gasteiger partial charge in [-0.1, -0.05) is 56.2 Å². The van der Waals surface area contributed by atoms with Gasteiger partial charge in [-0.3, -0.25) is 4.99 Å². The van der Waals surface area contributed by atoms with E-state index < -0.39 is 0 Å². The smallest absolute Gasteiger partial charge is 0.148 e. The van der Waals surface area contributed by atoms with E-state index in [4.69, 9.17) is 25.6 Å².